The molecule has 0 aliphatic heterocycles. The number of hydrogen-bond donors (Lipinski definition) is 4. The number of hydrogen-bond acceptors (Lipinski definition) is 9. The second-order valence-corrected chi connectivity index (χ2v) is 11.9. The third-order valence-corrected chi connectivity index (χ3v) is 4.67. The SMILES string of the molecule is CC(C)(C)OC(=O)NC(CCC(=O)NC(CS)C(=O)NCC(=O)OCC[N+](C)(C)C)C(=O)OC(C)(C)C. The van der Waals surface area contributed by atoms with Crippen LogP contribution >= 0.6 is 12.6 Å². The highest BCUT2D eigenvalue weighted by Gasteiger charge is 2.30. The summed E-state index contributed by atoms with van der Waals surface area (Å²) in [5, 5.41) is 7.36. The first-order valence-corrected chi connectivity index (χ1v) is 12.7. The lowest BCUT2D eigenvalue weighted by molar-refractivity contribution is -0.870. The molecule has 3 N–H and O–H groups in total. The van der Waals surface area contributed by atoms with Gasteiger partial charge in [-0.15, -0.1) is 0 Å². The molecule has 2 atom stereocenters. The number of nitrogens with zero attached hydrogens (tertiary/aromatic N) is 1. The van der Waals surface area contributed by atoms with E-state index in [-0.39, 0.29) is 31.7 Å². The Labute approximate surface area is 225 Å². The highest BCUT2D eigenvalue weighted by molar-refractivity contribution is 7.80. The van der Waals surface area contributed by atoms with Gasteiger partial charge in [0.2, 0.25) is 11.8 Å². The van der Waals surface area contributed by atoms with Crippen molar-refractivity contribution in [3.8, 4) is 0 Å². The van der Waals surface area contributed by atoms with E-state index < -0.39 is 53.1 Å². The summed E-state index contributed by atoms with van der Waals surface area (Å²) in [5.41, 5.74) is -1.60. The van der Waals surface area contributed by atoms with Gasteiger partial charge in [-0.3, -0.25) is 14.4 Å². The molecule has 0 aromatic heterocycles. The molecular weight excluding hydrogens is 504 g/mol. The first-order chi connectivity index (χ1) is 16.7. The van der Waals surface area contributed by atoms with Crippen LogP contribution in [0.3, 0.4) is 0 Å². The maximum Gasteiger partial charge on any atom is 0.408 e. The van der Waals surface area contributed by atoms with Crippen molar-refractivity contribution >= 4 is 42.5 Å². The van der Waals surface area contributed by atoms with Gasteiger partial charge >= 0.3 is 18.0 Å². The van der Waals surface area contributed by atoms with Crippen molar-refractivity contribution in [1.82, 2.24) is 16.0 Å². The monoisotopic (exact) mass is 549 g/mol. The van der Waals surface area contributed by atoms with Crippen molar-refractivity contribution < 1.29 is 42.7 Å². The maximum atomic E-state index is 12.6. The summed E-state index contributed by atoms with van der Waals surface area (Å²) < 4.78 is 16.2. The van der Waals surface area contributed by atoms with Crippen molar-refractivity contribution in [2.75, 3.05) is 46.6 Å². The van der Waals surface area contributed by atoms with Crippen LogP contribution in [0.4, 0.5) is 4.79 Å². The van der Waals surface area contributed by atoms with E-state index in [4.69, 9.17) is 14.2 Å². The summed E-state index contributed by atoms with van der Waals surface area (Å²) in [6.45, 7) is 10.5. The largest absolute Gasteiger partial charge is 0.458 e. The number of esters is 2. The van der Waals surface area contributed by atoms with E-state index in [2.05, 4.69) is 28.6 Å². The molecule has 0 aliphatic carbocycles. The quantitative estimate of drug-likeness (QED) is 0.114. The molecule has 13 heteroatoms. The van der Waals surface area contributed by atoms with Gasteiger partial charge in [-0.1, -0.05) is 0 Å². The third kappa shape index (κ3) is 18.4. The number of thiol groups is 1. The van der Waals surface area contributed by atoms with Crippen LogP contribution < -0.4 is 16.0 Å². The molecule has 0 aliphatic rings. The number of ether oxygens (including phenoxy) is 3. The average molecular weight is 550 g/mol. The Morgan fingerprint density at radius 3 is 1.92 bits per heavy atom. The van der Waals surface area contributed by atoms with Gasteiger partial charge in [0.1, 0.15) is 43.0 Å². The predicted molar refractivity (Wildman–Crippen MR) is 141 cm³/mol. The van der Waals surface area contributed by atoms with Crippen molar-refractivity contribution in [3.63, 3.8) is 0 Å². The van der Waals surface area contributed by atoms with Gasteiger partial charge in [0.05, 0.1) is 21.1 Å². The molecule has 0 saturated carbocycles. The maximum absolute atomic E-state index is 12.6. The number of carbonyl (C=O) groups excluding carboxylic acids is 5. The lowest BCUT2D eigenvalue weighted by Crippen LogP contribution is -2.50. The summed E-state index contributed by atoms with van der Waals surface area (Å²) in [7, 11) is 5.87. The highest BCUT2D eigenvalue weighted by atomic mass is 32.1. The van der Waals surface area contributed by atoms with E-state index in [1.165, 1.54) is 0 Å². The summed E-state index contributed by atoms with van der Waals surface area (Å²) in [6.07, 6.45) is -1.13. The molecule has 0 aromatic rings. The number of alkyl carbamates (subject to hydrolysis) is 1. The van der Waals surface area contributed by atoms with Gasteiger partial charge in [-0.2, -0.15) is 12.6 Å². The minimum Gasteiger partial charge on any atom is -0.458 e. The van der Waals surface area contributed by atoms with Crippen molar-refractivity contribution in [3.05, 3.63) is 0 Å². The van der Waals surface area contributed by atoms with Gasteiger partial charge < -0.3 is 34.6 Å². The summed E-state index contributed by atoms with van der Waals surface area (Å²) in [5.74, 6) is -2.51. The van der Waals surface area contributed by atoms with Crippen molar-refractivity contribution in [2.45, 2.75) is 77.7 Å². The number of nitrogens with one attached hydrogen (secondary N) is 3. The van der Waals surface area contributed by atoms with Gasteiger partial charge in [0.25, 0.3) is 0 Å². The van der Waals surface area contributed by atoms with E-state index in [0.717, 1.165) is 0 Å². The molecule has 0 radical (unpaired) electrons. The number of carbonyl (C=O) groups is 5. The highest BCUT2D eigenvalue weighted by Crippen LogP contribution is 2.13. The Hall–Kier alpha value is -2.54. The van der Waals surface area contributed by atoms with Crippen molar-refractivity contribution in [1.29, 1.82) is 0 Å². The third-order valence-electron chi connectivity index (χ3n) is 4.31. The molecule has 0 fully saturated rings. The second kappa shape index (κ2) is 15.0. The van der Waals surface area contributed by atoms with E-state index in [9.17, 15) is 24.0 Å². The standard InChI is InChI=1S/C24H44N4O8S/c1-23(2,3)35-21(32)16(27-22(33)36-24(4,5)6)10-11-18(29)26-17(15-37)20(31)25-14-19(30)34-13-12-28(7,8)9/h16-17H,10-15H2,1-9H3,(H3-,25,26,27,29,31,33,37)/p+1. The summed E-state index contributed by atoms with van der Waals surface area (Å²) >= 11 is 4.09. The minimum absolute atomic E-state index is 0.0280. The molecule has 12 nitrogen and oxygen atoms in total. The van der Waals surface area contributed by atoms with E-state index >= 15 is 0 Å². The van der Waals surface area contributed by atoms with Crippen LogP contribution in [0.5, 0.6) is 0 Å². The number of quaternary nitrogens is 1. The van der Waals surface area contributed by atoms with Crippen LogP contribution in [0.2, 0.25) is 0 Å². The second-order valence-electron chi connectivity index (χ2n) is 11.5. The molecule has 2 unspecified atom stereocenters. The predicted octanol–water partition coefficient (Wildman–Crippen LogP) is 0.782. The molecule has 3 amide bonds. The average Bonchev–Trinajstić information content (AvgIpc) is 2.69. The molecule has 37 heavy (non-hydrogen) atoms. The Morgan fingerprint density at radius 1 is 0.865 bits per heavy atom. The number of rotatable bonds is 13. The topological polar surface area (TPSA) is 149 Å². The van der Waals surface area contributed by atoms with E-state index in [1.807, 2.05) is 21.1 Å². The molecule has 0 rings (SSSR count). The first kappa shape index (κ1) is 34.5. The first-order valence-electron chi connectivity index (χ1n) is 12.1. The smallest absolute Gasteiger partial charge is 0.408 e. The fraction of sp³-hybridized carbons (Fsp3) is 0.792. The molecule has 0 saturated heterocycles. The molecular formula is C24H45N4O8S+. The summed E-state index contributed by atoms with van der Waals surface area (Å²) in [4.78, 5) is 61.5. The van der Waals surface area contributed by atoms with Crippen LogP contribution in [-0.4, -0.2) is 104 Å². The molecule has 0 heterocycles. The van der Waals surface area contributed by atoms with Gasteiger partial charge in [-0.05, 0) is 48.0 Å². The molecule has 0 aromatic carbocycles. The van der Waals surface area contributed by atoms with E-state index in [0.29, 0.717) is 11.0 Å². The van der Waals surface area contributed by atoms with Crippen LogP contribution in [0.25, 0.3) is 0 Å². The van der Waals surface area contributed by atoms with Crippen LogP contribution in [0.15, 0.2) is 0 Å². The van der Waals surface area contributed by atoms with Crippen molar-refractivity contribution in [2.24, 2.45) is 0 Å². The molecule has 0 spiro atoms. The van der Waals surface area contributed by atoms with Gasteiger partial charge in [-0.25, -0.2) is 9.59 Å². The van der Waals surface area contributed by atoms with Crippen LogP contribution in [-0.2, 0) is 33.4 Å². The van der Waals surface area contributed by atoms with Crippen LogP contribution in [0, 0.1) is 0 Å². The zero-order valence-corrected chi connectivity index (χ0v) is 24.5. The normalized spacial score (nSPS) is 13.6. The number of amides is 3. The molecule has 0 bridgehead atoms. The lowest BCUT2D eigenvalue weighted by Gasteiger charge is -2.26. The fourth-order valence-electron chi connectivity index (χ4n) is 2.57. The van der Waals surface area contributed by atoms with Gasteiger partial charge in [0.15, 0.2) is 0 Å². The Kier molecular flexibility index (Phi) is 14.0. The van der Waals surface area contributed by atoms with Crippen LogP contribution in [0.1, 0.15) is 54.4 Å². The minimum atomic E-state index is -1.15. The Bertz CT molecular complexity index is 800. The summed E-state index contributed by atoms with van der Waals surface area (Å²) in [6, 6.07) is -2.17. The number of likely N-dealkylation sites (N-methyl/N-ethyl adjacent to an activating group) is 1. The zero-order chi connectivity index (χ0) is 29.0. The zero-order valence-electron chi connectivity index (χ0n) is 23.6. The fourth-order valence-corrected chi connectivity index (χ4v) is 2.83. The van der Waals surface area contributed by atoms with Gasteiger partial charge in [0, 0.05) is 12.2 Å². The van der Waals surface area contributed by atoms with E-state index in [1.54, 1.807) is 41.5 Å². The lowest BCUT2D eigenvalue weighted by atomic mass is 10.1. The Morgan fingerprint density at radius 2 is 1.43 bits per heavy atom. The Balaban J connectivity index is 4.91. The molecule has 214 valence electrons.